The molecule has 1 aromatic carbocycles. The molecule has 1 saturated carbocycles. The Labute approximate surface area is 128 Å². The van der Waals surface area contributed by atoms with Crippen molar-refractivity contribution >= 4 is 11.4 Å². The molecule has 1 nitrogen and oxygen atoms in total. The summed E-state index contributed by atoms with van der Waals surface area (Å²) in [4.78, 5) is 13.3. The van der Waals surface area contributed by atoms with Crippen LogP contribution in [0.25, 0.3) is 5.57 Å². The average Bonchev–Trinajstić information content (AvgIpc) is 2.99. The van der Waals surface area contributed by atoms with Gasteiger partial charge in [0, 0.05) is 0 Å². The predicted molar refractivity (Wildman–Crippen MR) is 88.3 cm³/mol. The molecule has 0 unspecified atom stereocenters. The predicted octanol–water partition coefficient (Wildman–Crippen LogP) is 5.43. The SMILES string of the molecule is CCCC1=C(CCC)c2ccccc2C2(CCCC2)C1=O. The largest absolute Gasteiger partial charge is 0.294 e. The Kier molecular flexibility index (Phi) is 4.01. The lowest BCUT2D eigenvalue weighted by molar-refractivity contribution is -0.121. The van der Waals surface area contributed by atoms with E-state index in [9.17, 15) is 4.79 Å². The molecule has 1 fully saturated rings. The second kappa shape index (κ2) is 5.79. The number of fused-ring (bicyclic) bond motifs is 2. The summed E-state index contributed by atoms with van der Waals surface area (Å²) >= 11 is 0. The number of ketones is 1. The van der Waals surface area contributed by atoms with E-state index in [0.717, 1.165) is 44.1 Å². The number of benzene rings is 1. The van der Waals surface area contributed by atoms with Gasteiger partial charge in [0.15, 0.2) is 5.78 Å². The standard InChI is InChI=1S/C20H26O/c1-3-9-15-16-11-5-6-12-18(16)20(13-7-8-14-20)19(21)17(15)10-4-2/h5-6,11-12H,3-4,7-10,13-14H2,1-2H3. The highest BCUT2D eigenvalue weighted by atomic mass is 16.1. The van der Waals surface area contributed by atoms with E-state index in [1.165, 1.54) is 29.5 Å². The maximum absolute atomic E-state index is 13.3. The fourth-order valence-electron chi connectivity index (χ4n) is 4.40. The van der Waals surface area contributed by atoms with Gasteiger partial charge in [-0.1, -0.05) is 63.8 Å². The van der Waals surface area contributed by atoms with Crippen molar-refractivity contribution in [1.82, 2.24) is 0 Å². The van der Waals surface area contributed by atoms with Gasteiger partial charge in [0.2, 0.25) is 0 Å². The van der Waals surface area contributed by atoms with E-state index < -0.39 is 0 Å². The van der Waals surface area contributed by atoms with E-state index in [2.05, 4.69) is 38.1 Å². The fourth-order valence-corrected chi connectivity index (χ4v) is 4.40. The van der Waals surface area contributed by atoms with Crippen LogP contribution >= 0.6 is 0 Å². The highest BCUT2D eigenvalue weighted by molar-refractivity contribution is 6.12. The lowest BCUT2D eigenvalue weighted by atomic mass is 9.64. The number of hydrogen-bond acceptors (Lipinski definition) is 1. The van der Waals surface area contributed by atoms with Crippen LogP contribution in [0.5, 0.6) is 0 Å². The Bertz CT molecular complexity index is 573. The molecule has 0 bridgehead atoms. The Hall–Kier alpha value is -1.37. The number of carbonyl (C=O) groups excluding carboxylic acids is 1. The van der Waals surface area contributed by atoms with Gasteiger partial charge in [0.1, 0.15) is 0 Å². The number of carbonyl (C=O) groups is 1. The molecule has 1 heteroatoms. The molecule has 2 aliphatic carbocycles. The molecule has 1 aromatic rings. The van der Waals surface area contributed by atoms with Gasteiger partial charge in [-0.15, -0.1) is 0 Å². The zero-order valence-electron chi connectivity index (χ0n) is 13.4. The van der Waals surface area contributed by atoms with E-state index in [4.69, 9.17) is 0 Å². The van der Waals surface area contributed by atoms with Crippen molar-refractivity contribution in [3.05, 3.63) is 41.0 Å². The number of hydrogen-bond donors (Lipinski definition) is 0. The quantitative estimate of drug-likeness (QED) is 0.719. The summed E-state index contributed by atoms with van der Waals surface area (Å²) in [6.07, 6.45) is 8.65. The Morgan fingerprint density at radius 2 is 1.57 bits per heavy atom. The first-order valence-electron chi connectivity index (χ1n) is 8.61. The molecular formula is C20H26O. The highest BCUT2D eigenvalue weighted by Gasteiger charge is 2.47. The van der Waals surface area contributed by atoms with Gasteiger partial charge in [0.05, 0.1) is 5.41 Å². The first kappa shape index (κ1) is 14.6. The van der Waals surface area contributed by atoms with Crippen LogP contribution in [0.4, 0.5) is 0 Å². The summed E-state index contributed by atoms with van der Waals surface area (Å²) in [6, 6.07) is 8.72. The smallest absolute Gasteiger partial charge is 0.169 e. The number of rotatable bonds is 4. The molecule has 0 saturated heterocycles. The van der Waals surface area contributed by atoms with E-state index in [-0.39, 0.29) is 5.41 Å². The minimum atomic E-state index is -0.182. The summed E-state index contributed by atoms with van der Waals surface area (Å²) < 4.78 is 0. The minimum Gasteiger partial charge on any atom is -0.294 e. The molecule has 1 spiro atoms. The van der Waals surface area contributed by atoms with Gasteiger partial charge < -0.3 is 0 Å². The van der Waals surface area contributed by atoms with Gasteiger partial charge >= 0.3 is 0 Å². The molecule has 2 aliphatic rings. The second-order valence-corrected chi connectivity index (χ2v) is 6.62. The molecule has 0 aromatic heterocycles. The third-order valence-corrected chi connectivity index (χ3v) is 5.30. The molecular weight excluding hydrogens is 256 g/mol. The molecule has 0 heterocycles. The molecule has 0 radical (unpaired) electrons. The Balaban J connectivity index is 2.22. The monoisotopic (exact) mass is 282 g/mol. The van der Waals surface area contributed by atoms with E-state index in [1.807, 2.05) is 0 Å². The average molecular weight is 282 g/mol. The van der Waals surface area contributed by atoms with Crippen LogP contribution in [0.3, 0.4) is 0 Å². The van der Waals surface area contributed by atoms with Gasteiger partial charge in [0.25, 0.3) is 0 Å². The first-order chi connectivity index (χ1) is 10.2. The lowest BCUT2D eigenvalue weighted by Crippen LogP contribution is -2.38. The zero-order valence-corrected chi connectivity index (χ0v) is 13.4. The van der Waals surface area contributed by atoms with Crippen LogP contribution in [0.1, 0.15) is 76.3 Å². The maximum atomic E-state index is 13.3. The van der Waals surface area contributed by atoms with Gasteiger partial charge in [-0.3, -0.25) is 4.79 Å². The molecule has 3 rings (SSSR count). The minimum absolute atomic E-state index is 0.182. The van der Waals surface area contributed by atoms with E-state index in [1.54, 1.807) is 0 Å². The molecule has 0 aliphatic heterocycles. The van der Waals surface area contributed by atoms with E-state index >= 15 is 0 Å². The fraction of sp³-hybridized carbons (Fsp3) is 0.550. The third kappa shape index (κ3) is 2.18. The second-order valence-electron chi connectivity index (χ2n) is 6.62. The van der Waals surface area contributed by atoms with Gasteiger partial charge in [-0.2, -0.15) is 0 Å². The normalized spacial score (nSPS) is 20.2. The summed E-state index contributed by atoms with van der Waals surface area (Å²) in [5.41, 5.74) is 5.02. The molecule has 0 N–H and O–H groups in total. The van der Waals surface area contributed by atoms with Crippen molar-refractivity contribution in [2.75, 3.05) is 0 Å². The van der Waals surface area contributed by atoms with Crippen LogP contribution in [0.2, 0.25) is 0 Å². The zero-order chi connectivity index (χ0) is 14.9. The van der Waals surface area contributed by atoms with Crippen molar-refractivity contribution in [2.24, 2.45) is 0 Å². The van der Waals surface area contributed by atoms with Crippen molar-refractivity contribution in [3.8, 4) is 0 Å². The van der Waals surface area contributed by atoms with Gasteiger partial charge in [-0.25, -0.2) is 0 Å². The molecule has 0 atom stereocenters. The van der Waals surface area contributed by atoms with Crippen LogP contribution in [-0.4, -0.2) is 5.78 Å². The lowest BCUT2D eigenvalue weighted by Gasteiger charge is -2.37. The van der Waals surface area contributed by atoms with E-state index in [0.29, 0.717) is 5.78 Å². The number of Topliss-reactive ketones (excluding diaryl/α,β-unsaturated/α-hetero) is 1. The summed E-state index contributed by atoms with van der Waals surface area (Å²) in [5, 5.41) is 0. The van der Waals surface area contributed by atoms with Crippen LogP contribution in [0.15, 0.2) is 29.8 Å². The Morgan fingerprint density at radius 1 is 0.952 bits per heavy atom. The van der Waals surface area contributed by atoms with Crippen molar-refractivity contribution < 1.29 is 4.79 Å². The van der Waals surface area contributed by atoms with Crippen molar-refractivity contribution in [2.45, 2.75) is 70.6 Å². The molecule has 21 heavy (non-hydrogen) atoms. The maximum Gasteiger partial charge on any atom is 0.169 e. The van der Waals surface area contributed by atoms with Crippen LogP contribution in [-0.2, 0) is 10.2 Å². The summed E-state index contributed by atoms with van der Waals surface area (Å²) in [6.45, 7) is 4.40. The first-order valence-corrected chi connectivity index (χ1v) is 8.61. The van der Waals surface area contributed by atoms with Crippen molar-refractivity contribution in [1.29, 1.82) is 0 Å². The highest BCUT2D eigenvalue weighted by Crippen LogP contribution is 2.51. The Morgan fingerprint density at radius 3 is 2.24 bits per heavy atom. The van der Waals surface area contributed by atoms with Crippen LogP contribution < -0.4 is 0 Å². The molecule has 0 amide bonds. The topological polar surface area (TPSA) is 17.1 Å². The van der Waals surface area contributed by atoms with Crippen LogP contribution in [0, 0.1) is 0 Å². The van der Waals surface area contributed by atoms with Crippen molar-refractivity contribution in [3.63, 3.8) is 0 Å². The summed E-state index contributed by atoms with van der Waals surface area (Å²) in [5.74, 6) is 0.462. The number of allylic oxidation sites excluding steroid dienone is 2. The molecule has 112 valence electrons. The summed E-state index contributed by atoms with van der Waals surface area (Å²) in [7, 11) is 0. The van der Waals surface area contributed by atoms with Gasteiger partial charge in [-0.05, 0) is 48.0 Å². The third-order valence-electron chi connectivity index (χ3n) is 5.30.